The second-order valence-electron chi connectivity index (χ2n) is 2.68. The molecule has 0 radical (unpaired) electrons. The molecule has 1 rings (SSSR count). The monoisotopic (exact) mass is 245 g/mol. The fourth-order valence-electron chi connectivity index (χ4n) is 0.891. The van der Waals surface area contributed by atoms with Crippen molar-refractivity contribution in [1.82, 2.24) is 5.32 Å². The summed E-state index contributed by atoms with van der Waals surface area (Å²) in [7, 11) is 0. The van der Waals surface area contributed by atoms with E-state index in [1.165, 1.54) is 23.1 Å². The van der Waals surface area contributed by atoms with Crippen molar-refractivity contribution in [3.8, 4) is 0 Å². The summed E-state index contributed by atoms with van der Waals surface area (Å²) >= 11 is 2.68. The summed E-state index contributed by atoms with van der Waals surface area (Å²) in [6.45, 7) is 0.495. The first-order valence-electron chi connectivity index (χ1n) is 4.31. The number of carbonyl (C=O) groups is 2. The largest absolute Gasteiger partial charge is 0.481 e. The number of carboxylic acid groups (broad SMARTS) is 1. The zero-order valence-electron chi connectivity index (χ0n) is 7.93. The standard InChI is InChI=1S/C9H11NO3S2/c11-8(12)6-14-5-3-10-9(13)7-2-1-4-15-7/h1-2,4H,3,5-6H2,(H,10,13)(H,11,12). The third-order valence-corrected chi connectivity index (χ3v) is 3.31. The van der Waals surface area contributed by atoms with Gasteiger partial charge < -0.3 is 10.4 Å². The summed E-state index contributed by atoms with van der Waals surface area (Å²) in [5.41, 5.74) is 0. The number of rotatable bonds is 6. The third-order valence-electron chi connectivity index (χ3n) is 1.50. The number of thioether (sulfide) groups is 1. The summed E-state index contributed by atoms with van der Waals surface area (Å²) in [6.07, 6.45) is 0. The molecular weight excluding hydrogens is 234 g/mol. The molecule has 82 valence electrons. The molecule has 0 unspecified atom stereocenters. The molecule has 0 aliphatic carbocycles. The Morgan fingerprint density at radius 2 is 2.33 bits per heavy atom. The van der Waals surface area contributed by atoms with Crippen molar-refractivity contribution in [2.75, 3.05) is 18.1 Å². The SMILES string of the molecule is O=C(O)CSCCNC(=O)c1cccs1. The van der Waals surface area contributed by atoms with Gasteiger partial charge in [0.1, 0.15) is 0 Å². The minimum atomic E-state index is -0.829. The van der Waals surface area contributed by atoms with Crippen molar-refractivity contribution in [1.29, 1.82) is 0 Å². The Balaban J connectivity index is 2.10. The number of carbonyl (C=O) groups excluding carboxylic acids is 1. The fraction of sp³-hybridized carbons (Fsp3) is 0.333. The highest BCUT2D eigenvalue weighted by Crippen LogP contribution is 2.07. The Hall–Kier alpha value is -1.01. The van der Waals surface area contributed by atoms with E-state index in [4.69, 9.17) is 5.11 Å². The van der Waals surface area contributed by atoms with E-state index in [0.717, 1.165) is 0 Å². The van der Waals surface area contributed by atoms with Gasteiger partial charge in [-0.2, -0.15) is 0 Å². The van der Waals surface area contributed by atoms with E-state index < -0.39 is 5.97 Å². The van der Waals surface area contributed by atoms with Crippen LogP contribution >= 0.6 is 23.1 Å². The van der Waals surface area contributed by atoms with Crippen LogP contribution in [-0.4, -0.2) is 35.0 Å². The zero-order chi connectivity index (χ0) is 11.1. The lowest BCUT2D eigenvalue weighted by molar-refractivity contribution is -0.133. The van der Waals surface area contributed by atoms with E-state index in [2.05, 4.69) is 5.32 Å². The highest BCUT2D eigenvalue weighted by molar-refractivity contribution is 7.99. The first-order valence-corrected chi connectivity index (χ1v) is 6.35. The van der Waals surface area contributed by atoms with E-state index in [-0.39, 0.29) is 11.7 Å². The summed E-state index contributed by atoms with van der Waals surface area (Å²) in [6, 6.07) is 3.57. The molecule has 1 aromatic heterocycles. The minimum absolute atomic E-state index is 0.0782. The maximum Gasteiger partial charge on any atom is 0.313 e. The molecule has 4 nitrogen and oxygen atoms in total. The minimum Gasteiger partial charge on any atom is -0.481 e. The van der Waals surface area contributed by atoms with Crippen LogP contribution < -0.4 is 5.32 Å². The predicted molar refractivity (Wildman–Crippen MR) is 61.6 cm³/mol. The van der Waals surface area contributed by atoms with E-state index in [9.17, 15) is 9.59 Å². The highest BCUT2D eigenvalue weighted by Gasteiger charge is 2.04. The number of amides is 1. The van der Waals surface area contributed by atoms with Gasteiger partial charge in [0, 0.05) is 12.3 Å². The van der Waals surface area contributed by atoms with Gasteiger partial charge in [-0.15, -0.1) is 23.1 Å². The fourth-order valence-corrected chi connectivity index (χ4v) is 2.10. The van der Waals surface area contributed by atoms with Gasteiger partial charge in [-0.25, -0.2) is 0 Å². The highest BCUT2D eigenvalue weighted by atomic mass is 32.2. The zero-order valence-corrected chi connectivity index (χ0v) is 9.57. The second-order valence-corrected chi connectivity index (χ2v) is 4.73. The Bertz CT molecular complexity index is 324. The second kappa shape index (κ2) is 6.47. The van der Waals surface area contributed by atoms with Crippen molar-refractivity contribution in [3.05, 3.63) is 22.4 Å². The average Bonchev–Trinajstić information content (AvgIpc) is 2.69. The predicted octanol–water partition coefficient (Wildman–Crippen LogP) is 1.30. The number of nitrogens with one attached hydrogen (secondary N) is 1. The maximum absolute atomic E-state index is 11.4. The molecule has 0 spiro atoms. The first-order chi connectivity index (χ1) is 7.20. The van der Waals surface area contributed by atoms with Crippen LogP contribution in [0.15, 0.2) is 17.5 Å². The van der Waals surface area contributed by atoms with Crippen molar-refractivity contribution < 1.29 is 14.7 Å². The average molecular weight is 245 g/mol. The summed E-state index contributed by atoms with van der Waals surface area (Å²) in [5, 5.41) is 12.9. The molecule has 2 N–H and O–H groups in total. The first kappa shape index (κ1) is 12.1. The summed E-state index contributed by atoms with van der Waals surface area (Å²) < 4.78 is 0. The van der Waals surface area contributed by atoms with Gasteiger partial charge >= 0.3 is 5.97 Å². The molecule has 15 heavy (non-hydrogen) atoms. The molecule has 0 atom stereocenters. The van der Waals surface area contributed by atoms with Crippen molar-refractivity contribution >= 4 is 35.0 Å². The van der Waals surface area contributed by atoms with Gasteiger partial charge in [-0.3, -0.25) is 9.59 Å². The van der Waals surface area contributed by atoms with E-state index in [1.54, 1.807) is 6.07 Å². The lowest BCUT2D eigenvalue weighted by atomic mass is 10.4. The van der Waals surface area contributed by atoms with Crippen molar-refractivity contribution in [2.24, 2.45) is 0 Å². The van der Waals surface area contributed by atoms with Crippen LogP contribution in [-0.2, 0) is 4.79 Å². The Morgan fingerprint density at radius 1 is 1.53 bits per heavy atom. The van der Waals surface area contributed by atoms with Gasteiger partial charge in [0.05, 0.1) is 10.6 Å². The molecule has 0 aliphatic heterocycles. The Labute approximate surface area is 95.7 Å². The molecule has 1 aromatic rings. The van der Waals surface area contributed by atoms with Gasteiger partial charge in [-0.1, -0.05) is 6.07 Å². The molecule has 0 saturated heterocycles. The molecule has 1 heterocycles. The summed E-state index contributed by atoms with van der Waals surface area (Å²) in [5.74, 6) is -0.233. The molecule has 0 bridgehead atoms. The van der Waals surface area contributed by atoms with Gasteiger partial charge in [0.25, 0.3) is 5.91 Å². The molecule has 0 fully saturated rings. The molecule has 0 aromatic carbocycles. The quantitative estimate of drug-likeness (QED) is 0.741. The van der Waals surface area contributed by atoms with Crippen LogP contribution in [0.2, 0.25) is 0 Å². The van der Waals surface area contributed by atoms with Crippen LogP contribution in [0.4, 0.5) is 0 Å². The van der Waals surface area contributed by atoms with Crippen LogP contribution in [0, 0.1) is 0 Å². The number of hydrogen-bond donors (Lipinski definition) is 2. The van der Waals surface area contributed by atoms with Gasteiger partial charge in [-0.05, 0) is 11.4 Å². The summed E-state index contributed by atoms with van der Waals surface area (Å²) in [4.78, 5) is 22.2. The molecule has 6 heteroatoms. The Morgan fingerprint density at radius 3 is 2.93 bits per heavy atom. The number of aliphatic carboxylic acids is 1. The third kappa shape index (κ3) is 4.85. The van der Waals surface area contributed by atoms with E-state index in [1.807, 2.05) is 11.4 Å². The smallest absolute Gasteiger partial charge is 0.313 e. The van der Waals surface area contributed by atoms with Gasteiger partial charge in [0.2, 0.25) is 0 Å². The molecular formula is C9H11NO3S2. The maximum atomic E-state index is 11.4. The Kier molecular flexibility index (Phi) is 5.20. The van der Waals surface area contributed by atoms with E-state index >= 15 is 0 Å². The number of thiophene rings is 1. The van der Waals surface area contributed by atoms with E-state index in [0.29, 0.717) is 17.2 Å². The van der Waals surface area contributed by atoms with Crippen molar-refractivity contribution in [3.63, 3.8) is 0 Å². The van der Waals surface area contributed by atoms with Crippen LogP contribution in [0.25, 0.3) is 0 Å². The molecule has 0 aliphatic rings. The van der Waals surface area contributed by atoms with Crippen molar-refractivity contribution in [2.45, 2.75) is 0 Å². The lowest BCUT2D eigenvalue weighted by Gasteiger charge is -2.01. The molecule has 0 saturated carbocycles. The molecule has 1 amide bonds. The van der Waals surface area contributed by atoms with Crippen LogP contribution in [0.1, 0.15) is 9.67 Å². The van der Waals surface area contributed by atoms with Gasteiger partial charge in [0.15, 0.2) is 0 Å². The number of hydrogen-bond acceptors (Lipinski definition) is 4. The lowest BCUT2D eigenvalue weighted by Crippen LogP contribution is -2.25. The topological polar surface area (TPSA) is 66.4 Å². The van der Waals surface area contributed by atoms with Crippen LogP contribution in [0.5, 0.6) is 0 Å². The van der Waals surface area contributed by atoms with Crippen LogP contribution in [0.3, 0.4) is 0 Å². The normalized spacial score (nSPS) is 9.87. The number of carboxylic acids is 1.